The van der Waals surface area contributed by atoms with Crippen LogP contribution in [0, 0.1) is 0 Å². The van der Waals surface area contributed by atoms with Crippen LogP contribution in [0.3, 0.4) is 0 Å². The van der Waals surface area contributed by atoms with Crippen LogP contribution in [0.5, 0.6) is 0 Å². The van der Waals surface area contributed by atoms with Gasteiger partial charge >= 0.3 is 12.0 Å². The zero-order chi connectivity index (χ0) is 14.3. The van der Waals surface area contributed by atoms with Crippen molar-refractivity contribution in [2.45, 2.75) is 70.9 Å². The highest BCUT2D eigenvalue weighted by Crippen LogP contribution is 2.21. The van der Waals surface area contributed by atoms with E-state index < -0.39 is 12.0 Å². The minimum absolute atomic E-state index is 0.209. The minimum Gasteiger partial charge on any atom is -0.480 e. The second kappa shape index (κ2) is 8.02. The molecule has 0 aliphatic carbocycles. The van der Waals surface area contributed by atoms with E-state index in [0.29, 0.717) is 6.42 Å². The lowest BCUT2D eigenvalue weighted by Gasteiger charge is -2.36. The van der Waals surface area contributed by atoms with E-state index in [1.807, 2.05) is 11.8 Å². The van der Waals surface area contributed by atoms with Crippen LogP contribution in [-0.4, -0.2) is 40.6 Å². The van der Waals surface area contributed by atoms with Gasteiger partial charge in [-0.15, -0.1) is 0 Å². The van der Waals surface area contributed by atoms with Gasteiger partial charge in [0.1, 0.15) is 6.04 Å². The van der Waals surface area contributed by atoms with Crippen LogP contribution in [0.4, 0.5) is 4.79 Å². The molecule has 5 nitrogen and oxygen atoms in total. The highest BCUT2D eigenvalue weighted by Gasteiger charge is 2.28. The lowest BCUT2D eigenvalue weighted by molar-refractivity contribution is -0.139. The SMILES string of the molecule is CCCC1CCCCN1C(=O)N[C@H](CCC)C(=O)O. The maximum Gasteiger partial charge on any atom is 0.326 e. The number of carbonyl (C=O) groups excluding carboxylic acids is 1. The maximum atomic E-state index is 12.2. The molecule has 2 amide bonds. The van der Waals surface area contributed by atoms with E-state index in [2.05, 4.69) is 12.2 Å². The normalized spacial score (nSPS) is 20.9. The molecule has 0 aromatic heterocycles. The first-order valence-corrected chi connectivity index (χ1v) is 7.40. The van der Waals surface area contributed by atoms with Gasteiger partial charge in [0.25, 0.3) is 0 Å². The molecule has 2 atom stereocenters. The molecule has 0 radical (unpaired) electrons. The molecule has 1 aliphatic rings. The number of nitrogens with zero attached hydrogens (tertiary/aromatic N) is 1. The standard InChI is InChI=1S/C14H26N2O3/c1-3-7-11-9-5-6-10-16(11)14(19)15-12(8-4-2)13(17)18/h11-12H,3-10H2,1-2H3,(H,15,19)(H,17,18)/t11?,12-/m1/s1. The van der Waals surface area contributed by atoms with Crippen molar-refractivity contribution in [3.8, 4) is 0 Å². The maximum absolute atomic E-state index is 12.2. The fourth-order valence-electron chi connectivity index (χ4n) is 2.68. The van der Waals surface area contributed by atoms with Gasteiger partial charge in [-0.25, -0.2) is 9.59 Å². The van der Waals surface area contributed by atoms with Crippen molar-refractivity contribution in [3.63, 3.8) is 0 Å². The number of aliphatic carboxylic acids is 1. The predicted octanol–water partition coefficient (Wildman–Crippen LogP) is 2.60. The molecule has 19 heavy (non-hydrogen) atoms. The van der Waals surface area contributed by atoms with Crippen molar-refractivity contribution in [2.24, 2.45) is 0 Å². The first-order valence-electron chi connectivity index (χ1n) is 7.40. The predicted molar refractivity (Wildman–Crippen MR) is 74.1 cm³/mol. The van der Waals surface area contributed by atoms with Gasteiger partial charge in [-0.05, 0) is 32.1 Å². The summed E-state index contributed by atoms with van der Waals surface area (Å²) < 4.78 is 0. The number of carboxylic acid groups (broad SMARTS) is 1. The molecule has 0 aromatic carbocycles. The molecule has 0 spiro atoms. The van der Waals surface area contributed by atoms with Crippen molar-refractivity contribution in [1.29, 1.82) is 0 Å². The highest BCUT2D eigenvalue weighted by molar-refractivity contribution is 5.82. The summed E-state index contributed by atoms with van der Waals surface area (Å²) in [4.78, 5) is 25.1. The van der Waals surface area contributed by atoms with Gasteiger partial charge in [0.15, 0.2) is 0 Å². The van der Waals surface area contributed by atoms with Gasteiger partial charge in [-0.3, -0.25) is 0 Å². The fraction of sp³-hybridized carbons (Fsp3) is 0.857. The number of hydrogen-bond donors (Lipinski definition) is 2. The van der Waals surface area contributed by atoms with Crippen LogP contribution in [0.1, 0.15) is 58.8 Å². The average molecular weight is 270 g/mol. The molecule has 0 bridgehead atoms. The van der Waals surface area contributed by atoms with Gasteiger partial charge in [-0.2, -0.15) is 0 Å². The summed E-state index contributed by atoms with van der Waals surface area (Å²) >= 11 is 0. The largest absolute Gasteiger partial charge is 0.480 e. The van der Waals surface area contributed by atoms with E-state index in [0.717, 1.165) is 45.1 Å². The molecule has 1 unspecified atom stereocenters. The van der Waals surface area contributed by atoms with Gasteiger partial charge in [-0.1, -0.05) is 26.7 Å². The number of nitrogens with one attached hydrogen (secondary N) is 1. The Morgan fingerprint density at radius 1 is 1.32 bits per heavy atom. The van der Waals surface area contributed by atoms with Crippen molar-refractivity contribution in [2.75, 3.05) is 6.54 Å². The van der Waals surface area contributed by atoms with Crippen LogP contribution < -0.4 is 5.32 Å². The smallest absolute Gasteiger partial charge is 0.326 e. The van der Waals surface area contributed by atoms with Gasteiger partial charge in [0.2, 0.25) is 0 Å². The molecule has 0 aromatic rings. The monoisotopic (exact) mass is 270 g/mol. The van der Waals surface area contributed by atoms with Crippen molar-refractivity contribution in [1.82, 2.24) is 10.2 Å². The van der Waals surface area contributed by atoms with Crippen LogP contribution in [0.2, 0.25) is 0 Å². The number of piperidine rings is 1. The Hall–Kier alpha value is -1.26. The molecule has 1 aliphatic heterocycles. The van der Waals surface area contributed by atoms with Crippen molar-refractivity contribution in [3.05, 3.63) is 0 Å². The van der Waals surface area contributed by atoms with Gasteiger partial charge in [0.05, 0.1) is 0 Å². The summed E-state index contributed by atoms with van der Waals surface area (Å²) in [6.07, 6.45) is 6.48. The number of carbonyl (C=O) groups is 2. The molecule has 0 saturated carbocycles. The molecule has 1 fully saturated rings. The molecule has 2 N–H and O–H groups in total. The summed E-state index contributed by atoms with van der Waals surface area (Å²) in [5, 5.41) is 11.8. The quantitative estimate of drug-likeness (QED) is 0.779. The Kier molecular flexibility index (Phi) is 6.67. The van der Waals surface area contributed by atoms with Gasteiger partial charge in [0, 0.05) is 12.6 Å². The number of likely N-dealkylation sites (tertiary alicyclic amines) is 1. The molecular weight excluding hydrogens is 244 g/mol. The second-order valence-electron chi connectivity index (χ2n) is 5.26. The minimum atomic E-state index is -0.945. The topological polar surface area (TPSA) is 69.6 Å². The number of carboxylic acids is 1. The molecule has 5 heteroatoms. The number of amides is 2. The van der Waals surface area contributed by atoms with Crippen molar-refractivity contribution < 1.29 is 14.7 Å². The van der Waals surface area contributed by atoms with E-state index >= 15 is 0 Å². The van der Waals surface area contributed by atoms with Crippen LogP contribution >= 0.6 is 0 Å². The number of urea groups is 1. The first kappa shape index (κ1) is 15.8. The van der Waals surface area contributed by atoms with E-state index in [4.69, 9.17) is 5.11 Å². The van der Waals surface area contributed by atoms with Crippen LogP contribution in [-0.2, 0) is 4.79 Å². The zero-order valence-corrected chi connectivity index (χ0v) is 12.0. The first-order chi connectivity index (χ1) is 9.10. The summed E-state index contributed by atoms with van der Waals surface area (Å²) in [5.74, 6) is -0.945. The summed E-state index contributed by atoms with van der Waals surface area (Å²) in [7, 11) is 0. The Morgan fingerprint density at radius 3 is 2.63 bits per heavy atom. The lowest BCUT2D eigenvalue weighted by Crippen LogP contribution is -2.52. The molecular formula is C14H26N2O3. The molecule has 1 heterocycles. The summed E-state index contributed by atoms with van der Waals surface area (Å²) in [6, 6.07) is -0.699. The molecule has 1 rings (SSSR count). The van der Waals surface area contributed by atoms with Gasteiger partial charge < -0.3 is 15.3 Å². The van der Waals surface area contributed by atoms with Crippen LogP contribution in [0.25, 0.3) is 0 Å². The molecule has 1 saturated heterocycles. The highest BCUT2D eigenvalue weighted by atomic mass is 16.4. The van der Waals surface area contributed by atoms with E-state index in [1.165, 1.54) is 0 Å². The lowest BCUT2D eigenvalue weighted by atomic mass is 9.98. The summed E-state index contributed by atoms with van der Waals surface area (Å²) in [5.41, 5.74) is 0. The zero-order valence-electron chi connectivity index (χ0n) is 12.0. The Balaban J connectivity index is 2.60. The third-order valence-electron chi connectivity index (χ3n) is 3.68. The van der Waals surface area contributed by atoms with E-state index in [1.54, 1.807) is 0 Å². The number of hydrogen-bond acceptors (Lipinski definition) is 2. The summed E-state index contributed by atoms with van der Waals surface area (Å²) in [6.45, 7) is 4.78. The fourth-order valence-corrected chi connectivity index (χ4v) is 2.68. The molecule has 110 valence electrons. The third kappa shape index (κ3) is 4.73. The van der Waals surface area contributed by atoms with E-state index in [-0.39, 0.29) is 12.1 Å². The van der Waals surface area contributed by atoms with Crippen molar-refractivity contribution >= 4 is 12.0 Å². The Labute approximate surface area is 115 Å². The average Bonchev–Trinajstić information content (AvgIpc) is 2.39. The van der Waals surface area contributed by atoms with Crippen LogP contribution in [0.15, 0.2) is 0 Å². The third-order valence-corrected chi connectivity index (χ3v) is 3.68. The Morgan fingerprint density at radius 2 is 2.05 bits per heavy atom. The Bertz CT molecular complexity index is 305. The number of rotatable bonds is 6. The second-order valence-corrected chi connectivity index (χ2v) is 5.26. The van der Waals surface area contributed by atoms with E-state index in [9.17, 15) is 9.59 Å².